The fourth-order valence-corrected chi connectivity index (χ4v) is 4.82. The number of hydrogen-bond donors (Lipinski definition) is 3. The molecule has 0 amide bonds. The Morgan fingerprint density at radius 2 is 1.92 bits per heavy atom. The Morgan fingerprint density at radius 3 is 2.40 bits per heavy atom. The third-order valence-corrected chi connectivity index (χ3v) is 6.14. The third kappa shape index (κ3) is 4.63. The van der Waals surface area contributed by atoms with E-state index in [1.807, 2.05) is 0 Å². The van der Waals surface area contributed by atoms with Crippen LogP contribution in [0.4, 0.5) is 10.1 Å². The summed E-state index contributed by atoms with van der Waals surface area (Å²) >= 11 is 3.05. The summed E-state index contributed by atoms with van der Waals surface area (Å²) in [6.45, 7) is 3.38. The Hall–Kier alpha value is -1.36. The molecule has 25 heavy (non-hydrogen) atoms. The molecule has 1 aliphatic heterocycles. The molecule has 1 aliphatic rings. The highest BCUT2D eigenvalue weighted by Crippen LogP contribution is 2.30. The summed E-state index contributed by atoms with van der Waals surface area (Å²) in [6.07, 6.45) is 0.577. The first-order valence-electron chi connectivity index (χ1n) is 7.66. The number of halogens is 2. The van der Waals surface area contributed by atoms with Gasteiger partial charge in [0.15, 0.2) is 5.84 Å². The molecule has 1 saturated heterocycles. The van der Waals surface area contributed by atoms with Crippen molar-refractivity contribution in [1.82, 2.24) is 4.31 Å². The van der Waals surface area contributed by atoms with Crippen LogP contribution in [-0.4, -0.2) is 36.4 Å². The van der Waals surface area contributed by atoms with Gasteiger partial charge in [0.05, 0.1) is 4.47 Å². The van der Waals surface area contributed by atoms with Gasteiger partial charge in [0.2, 0.25) is 5.78 Å². The topological polar surface area (TPSA) is 116 Å². The van der Waals surface area contributed by atoms with Crippen LogP contribution in [0.5, 0.6) is 0 Å². The largest absolute Gasteiger partial charge is 0.338 e. The SMILES string of the molecule is C[C@@H]1CC(C(=O)C(=N)Nc2ccc(F)c(Br)c2)C[C@H](C)N1S(N)(=O)=O. The standard InChI is InChI=1S/C15H20BrFN4O3S/c1-8-5-10(6-9(2)21(8)25(19,23)24)14(22)15(18)20-11-3-4-13(17)12(16)7-11/h3-4,7-10H,5-6H2,1-2H3,(H2,18,20)(H2,19,23,24)/t8-,9+,10?. The fraction of sp³-hybridized carbons (Fsp3) is 0.467. The quantitative estimate of drug-likeness (QED) is 0.497. The summed E-state index contributed by atoms with van der Waals surface area (Å²) < 4.78 is 38.0. The average Bonchev–Trinajstić information content (AvgIpc) is 2.48. The van der Waals surface area contributed by atoms with E-state index in [4.69, 9.17) is 10.5 Å². The first kappa shape index (κ1) is 20.0. The fourth-order valence-electron chi connectivity index (χ4n) is 3.26. The molecule has 4 N–H and O–H groups in total. The van der Waals surface area contributed by atoms with Crippen molar-refractivity contribution in [2.45, 2.75) is 38.8 Å². The minimum Gasteiger partial charge on any atom is -0.338 e. The molecule has 0 aliphatic carbocycles. The van der Waals surface area contributed by atoms with E-state index in [0.29, 0.717) is 5.69 Å². The summed E-state index contributed by atoms with van der Waals surface area (Å²) in [5, 5.41) is 15.9. The number of amidine groups is 1. The molecule has 1 aromatic rings. The first-order valence-corrected chi connectivity index (χ1v) is 9.96. The predicted octanol–water partition coefficient (Wildman–Crippen LogP) is 2.24. The van der Waals surface area contributed by atoms with Crippen molar-refractivity contribution in [2.24, 2.45) is 11.1 Å². The molecule has 0 saturated carbocycles. The van der Waals surface area contributed by atoms with Gasteiger partial charge in [0, 0.05) is 23.7 Å². The minimum atomic E-state index is -3.84. The molecule has 7 nitrogen and oxygen atoms in total. The number of piperidine rings is 1. The van der Waals surface area contributed by atoms with Crippen molar-refractivity contribution in [3.63, 3.8) is 0 Å². The zero-order valence-electron chi connectivity index (χ0n) is 13.8. The van der Waals surface area contributed by atoms with Crippen LogP contribution in [0.15, 0.2) is 22.7 Å². The molecule has 0 spiro atoms. The Morgan fingerprint density at radius 1 is 1.36 bits per heavy atom. The molecule has 1 aromatic carbocycles. The van der Waals surface area contributed by atoms with E-state index < -0.39 is 39.8 Å². The molecule has 138 valence electrons. The normalized spacial score (nSPS) is 24.8. The van der Waals surface area contributed by atoms with Gasteiger partial charge in [0.1, 0.15) is 5.82 Å². The number of carbonyl (C=O) groups excluding carboxylic acids is 1. The molecule has 3 atom stereocenters. The van der Waals surface area contributed by atoms with E-state index in [0.717, 1.165) is 0 Å². The molecule has 10 heteroatoms. The summed E-state index contributed by atoms with van der Waals surface area (Å²) in [5.74, 6) is -1.64. The van der Waals surface area contributed by atoms with Crippen molar-refractivity contribution in [3.05, 3.63) is 28.5 Å². The first-order chi connectivity index (χ1) is 11.5. The van der Waals surface area contributed by atoms with E-state index in [-0.39, 0.29) is 23.1 Å². The zero-order valence-corrected chi connectivity index (χ0v) is 16.2. The van der Waals surface area contributed by atoms with Crippen LogP contribution in [0.1, 0.15) is 26.7 Å². The lowest BCUT2D eigenvalue weighted by molar-refractivity contribution is -0.118. The van der Waals surface area contributed by atoms with Crippen LogP contribution in [0.3, 0.4) is 0 Å². The summed E-state index contributed by atoms with van der Waals surface area (Å²) in [4.78, 5) is 12.5. The second-order valence-electron chi connectivity index (χ2n) is 6.23. The number of carbonyl (C=O) groups is 1. The summed E-state index contributed by atoms with van der Waals surface area (Å²) in [6, 6.07) is 3.22. The molecule has 0 aromatic heterocycles. The molecule has 2 rings (SSSR count). The lowest BCUT2D eigenvalue weighted by Gasteiger charge is -2.39. The van der Waals surface area contributed by atoms with Gasteiger partial charge in [-0.3, -0.25) is 10.2 Å². The zero-order chi connectivity index (χ0) is 18.9. The number of nitrogens with zero attached hydrogens (tertiary/aromatic N) is 1. The van der Waals surface area contributed by atoms with E-state index in [1.165, 1.54) is 22.5 Å². The van der Waals surface area contributed by atoms with Gasteiger partial charge in [-0.2, -0.15) is 12.7 Å². The van der Waals surface area contributed by atoms with Crippen molar-refractivity contribution in [3.8, 4) is 0 Å². The second kappa shape index (κ2) is 7.48. The highest BCUT2D eigenvalue weighted by molar-refractivity contribution is 9.10. The lowest BCUT2D eigenvalue weighted by Crippen LogP contribution is -2.53. The smallest absolute Gasteiger partial charge is 0.277 e. The van der Waals surface area contributed by atoms with Gasteiger partial charge >= 0.3 is 0 Å². The molecular weight excluding hydrogens is 415 g/mol. The number of nitrogens with one attached hydrogen (secondary N) is 2. The molecule has 1 unspecified atom stereocenters. The predicted molar refractivity (Wildman–Crippen MR) is 97.1 cm³/mol. The van der Waals surface area contributed by atoms with E-state index in [9.17, 15) is 17.6 Å². The highest BCUT2D eigenvalue weighted by atomic mass is 79.9. The molecule has 0 bridgehead atoms. The van der Waals surface area contributed by atoms with Crippen LogP contribution in [-0.2, 0) is 15.0 Å². The van der Waals surface area contributed by atoms with E-state index >= 15 is 0 Å². The summed E-state index contributed by atoms with van der Waals surface area (Å²) in [7, 11) is -3.84. The number of anilines is 1. The second-order valence-corrected chi connectivity index (χ2v) is 8.54. The Labute approximate surface area is 154 Å². The van der Waals surface area contributed by atoms with Crippen molar-refractivity contribution >= 4 is 43.4 Å². The highest BCUT2D eigenvalue weighted by Gasteiger charge is 2.40. The van der Waals surface area contributed by atoms with Crippen LogP contribution >= 0.6 is 15.9 Å². The van der Waals surface area contributed by atoms with Crippen molar-refractivity contribution < 1.29 is 17.6 Å². The Kier molecular flexibility index (Phi) is 5.97. The summed E-state index contributed by atoms with van der Waals surface area (Å²) in [5.41, 5.74) is 0.412. The monoisotopic (exact) mass is 434 g/mol. The van der Waals surface area contributed by atoms with Gasteiger partial charge in [-0.25, -0.2) is 9.53 Å². The van der Waals surface area contributed by atoms with Gasteiger partial charge in [-0.05, 0) is 60.8 Å². The molecular formula is C15H20BrFN4O3S. The van der Waals surface area contributed by atoms with Gasteiger partial charge in [-0.1, -0.05) is 0 Å². The molecule has 1 heterocycles. The number of hydrogen-bond acceptors (Lipinski definition) is 4. The van der Waals surface area contributed by atoms with E-state index in [1.54, 1.807) is 13.8 Å². The third-order valence-electron chi connectivity index (χ3n) is 4.22. The molecule has 1 fully saturated rings. The van der Waals surface area contributed by atoms with E-state index in [2.05, 4.69) is 21.2 Å². The van der Waals surface area contributed by atoms with Crippen LogP contribution < -0.4 is 10.5 Å². The van der Waals surface area contributed by atoms with Gasteiger partial charge in [-0.15, -0.1) is 0 Å². The Bertz CT molecular complexity index is 790. The van der Waals surface area contributed by atoms with Crippen molar-refractivity contribution in [2.75, 3.05) is 5.32 Å². The van der Waals surface area contributed by atoms with Gasteiger partial charge < -0.3 is 5.32 Å². The average molecular weight is 435 g/mol. The maximum Gasteiger partial charge on any atom is 0.277 e. The van der Waals surface area contributed by atoms with Crippen LogP contribution in [0.25, 0.3) is 0 Å². The Balaban J connectivity index is 2.07. The lowest BCUT2D eigenvalue weighted by atomic mass is 9.85. The van der Waals surface area contributed by atoms with Crippen molar-refractivity contribution in [1.29, 1.82) is 5.41 Å². The maximum atomic E-state index is 13.2. The number of rotatable bonds is 4. The number of nitrogens with two attached hydrogens (primary N) is 1. The minimum absolute atomic E-state index is 0.224. The van der Waals surface area contributed by atoms with Gasteiger partial charge in [0.25, 0.3) is 10.2 Å². The van der Waals surface area contributed by atoms with Crippen LogP contribution in [0, 0.1) is 17.1 Å². The number of ketones is 1. The van der Waals surface area contributed by atoms with Crippen LogP contribution in [0.2, 0.25) is 0 Å². The molecule has 0 radical (unpaired) electrons. The number of Topliss-reactive ketones (excluding diaryl/α,β-unsaturated/α-hetero) is 1. The maximum absolute atomic E-state index is 13.2. The number of benzene rings is 1.